The van der Waals surface area contributed by atoms with Crippen LogP contribution in [0.4, 0.5) is 0 Å². The predicted octanol–water partition coefficient (Wildman–Crippen LogP) is 7.14. The minimum Gasteiger partial charge on any atom is -0.235 e. The third kappa shape index (κ3) is 6.64. The Bertz CT molecular complexity index is 914. The van der Waals surface area contributed by atoms with Gasteiger partial charge in [0.1, 0.15) is 0 Å². The first kappa shape index (κ1) is 24.0. The number of rotatable bonds is 13. The van der Waals surface area contributed by atoms with Crippen molar-refractivity contribution in [3.8, 4) is 11.1 Å². The Labute approximate surface area is 187 Å². The Morgan fingerprint density at radius 3 is 1.68 bits per heavy atom. The van der Waals surface area contributed by atoms with Gasteiger partial charge in [0, 0.05) is 5.92 Å². The highest BCUT2D eigenvalue weighted by molar-refractivity contribution is 7.86. The van der Waals surface area contributed by atoms with Gasteiger partial charge in [0.2, 0.25) is 0 Å². The molecule has 170 valence electrons. The SMILES string of the molecule is Cc1ccc2c(c1)C(CCCCCCCCCCCS(=O)(=O)OO)c1cc(C)ccc1-2. The highest BCUT2D eigenvalue weighted by Crippen LogP contribution is 2.47. The van der Waals surface area contributed by atoms with Crippen molar-refractivity contribution >= 4 is 10.1 Å². The first-order chi connectivity index (χ1) is 14.9. The fourth-order valence-corrected chi connectivity index (χ4v) is 5.44. The molecule has 2 aromatic carbocycles. The minimum atomic E-state index is -3.72. The van der Waals surface area contributed by atoms with Crippen molar-refractivity contribution < 1.29 is 18.0 Å². The topological polar surface area (TPSA) is 63.6 Å². The minimum absolute atomic E-state index is 0.101. The summed E-state index contributed by atoms with van der Waals surface area (Å²) in [6, 6.07) is 13.8. The van der Waals surface area contributed by atoms with Gasteiger partial charge < -0.3 is 0 Å². The lowest BCUT2D eigenvalue weighted by Gasteiger charge is -2.14. The summed E-state index contributed by atoms with van der Waals surface area (Å²) in [4.78, 5) is 0. The van der Waals surface area contributed by atoms with Crippen LogP contribution in [0.2, 0.25) is 0 Å². The van der Waals surface area contributed by atoms with Crippen molar-refractivity contribution in [3.05, 3.63) is 58.7 Å². The molecule has 0 aromatic heterocycles. The zero-order chi connectivity index (χ0) is 22.3. The molecule has 0 saturated carbocycles. The number of benzene rings is 2. The molecule has 0 aliphatic heterocycles. The summed E-state index contributed by atoms with van der Waals surface area (Å²) in [7, 11) is -3.72. The standard InChI is InChI=1S/C26H36O4S/c1-20-13-15-23-24-16-14-21(2)19-26(24)22(25(23)18-20)12-10-8-6-4-3-5-7-9-11-17-31(28,29)30-27/h13-16,18-19,22,27H,3-12,17H2,1-2H3. The van der Waals surface area contributed by atoms with Gasteiger partial charge in [0.15, 0.2) is 0 Å². The molecule has 1 aliphatic carbocycles. The second-order valence-electron chi connectivity index (χ2n) is 9.04. The summed E-state index contributed by atoms with van der Waals surface area (Å²) < 4.78 is 25.5. The van der Waals surface area contributed by atoms with E-state index in [0.717, 1.165) is 19.3 Å². The molecular formula is C26H36O4S. The third-order valence-electron chi connectivity index (χ3n) is 6.46. The maximum atomic E-state index is 11.0. The summed E-state index contributed by atoms with van der Waals surface area (Å²) in [6.07, 6.45) is 11.0. The van der Waals surface area contributed by atoms with Gasteiger partial charge in [-0.05, 0) is 48.9 Å². The molecule has 31 heavy (non-hydrogen) atoms. The van der Waals surface area contributed by atoms with Crippen molar-refractivity contribution in [3.63, 3.8) is 0 Å². The van der Waals surface area contributed by atoms with Crippen molar-refractivity contribution in [1.82, 2.24) is 0 Å². The Balaban J connectivity index is 1.36. The van der Waals surface area contributed by atoms with Gasteiger partial charge in [0.25, 0.3) is 10.1 Å². The molecule has 0 unspecified atom stereocenters. The number of hydrogen-bond donors (Lipinski definition) is 1. The van der Waals surface area contributed by atoms with Gasteiger partial charge in [0.05, 0.1) is 5.75 Å². The lowest BCUT2D eigenvalue weighted by molar-refractivity contribution is -0.130. The van der Waals surface area contributed by atoms with Gasteiger partial charge in [-0.25, -0.2) is 5.26 Å². The number of fused-ring (bicyclic) bond motifs is 3. The molecule has 0 saturated heterocycles. The van der Waals surface area contributed by atoms with Gasteiger partial charge in [-0.15, -0.1) is 4.33 Å². The highest BCUT2D eigenvalue weighted by atomic mass is 32.2. The molecule has 0 radical (unpaired) electrons. The molecule has 4 nitrogen and oxygen atoms in total. The van der Waals surface area contributed by atoms with Gasteiger partial charge in [-0.3, -0.25) is 0 Å². The van der Waals surface area contributed by atoms with E-state index in [4.69, 9.17) is 5.26 Å². The largest absolute Gasteiger partial charge is 0.293 e. The van der Waals surface area contributed by atoms with Crippen molar-refractivity contribution in [1.29, 1.82) is 0 Å². The predicted molar refractivity (Wildman–Crippen MR) is 127 cm³/mol. The Hall–Kier alpha value is -1.69. The van der Waals surface area contributed by atoms with Crippen LogP contribution in [-0.4, -0.2) is 19.4 Å². The van der Waals surface area contributed by atoms with Crippen LogP contribution in [0.3, 0.4) is 0 Å². The van der Waals surface area contributed by atoms with E-state index in [2.05, 4.69) is 54.6 Å². The molecule has 0 fully saturated rings. The monoisotopic (exact) mass is 444 g/mol. The molecule has 1 N–H and O–H groups in total. The average molecular weight is 445 g/mol. The Morgan fingerprint density at radius 2 is 1.19 bits per heavy atom. The molecule has 0 amide bonds. The molecule has 0 atom stereocenters. The molecule has 1 aliphatic rings. The van der Waals surface area contributed by atoms with Crippen LogP contribution in [0.5, 0.6) is 0 Å². The second kappa shape index (κ2) is 11.3. The van der Waals surface area contributed by atoms with E-state index >= 15 is 0 Å². The molecule has 0 heterocycles. The average Bonchev–Trinajstić information content (AvgIpc) is 3.03. The molecule has 2 aromatic rings. The fourth-order valence-electron chi connectivity index (χ4n) is 4.81. The Morgan fingerprint density at radius 1 is 0.742 bits per heavy atom. The maximum absolute atomic E-state index is 11.0. The fraction of sp³-hybridized carbons (Fsp3) is 0.538. The maximum Gasteiger partial charge on any atom is 0.293 e. The van der Waals surface area contributed by atoms with Crippen LogP contribution in [0.15, 0.2) is 36.4 Å². The lowest BCUT2D eigenvalue weighted by Crippen LogP contribution is -2.07. The summed E-state index contributed by atoms with van der Waals surface area (Å²) in [5.41, 5.74) is 8.54. The molecule has 3 rings (SSSR count). The van der Waals surface area contributed by atoms with Gasteiger partial charge in [-0.1, -0.05) is 98.9 Å². The number of hydrogen-bond acceptors (Lipinski definition) is 4. The quantitative estimate of drug-likeness (QED) is 0.203. The van der Waals surface area contributed by atoms with E-state index < -0.39 is 10.1 Å². The van der Waals surface area contributed by atoms with Crippen molar-refractivity contribution in [2.24, 2.45) is 0 Å². The summed E-state index contributed by atoms with van der Waals surface area (Å²) in [5.74, 6) is 0.430. The van der Waals surface area contributed by atoms with E-state index in [1.54, 1.807) is 0 Å². The van der Waals surface area contributed by atoms with Crippen LogP contribution in [0.25, 0.3) is 11.1 Å². The van der Waals surface area contributed by atoms with E-state index in [0.29, 0.717) is 12.3 Å². The third-order valence-corrected chi connectivity index (χ3v) is 7.47. The van der Waals surface area contributed by atoms with Crippen molar-refractivity contribution in [2.75, 3.05) is 5.75 Å². The van der Waals surface area contributed by atoms with Crippen LogP contribution >= 0.6 is 0 Å². The van der Waals surface area contributed by atoms with Crippen LogP contribution in [0, 0.1) is 13.8 Å². The van der Waals surface area contributed by atoms with Crippen LogP contribution in [-0.2, 0) is 14.5 Å². The zero-order valence-electron chi connectivity index (χ0n) is 18.9. The van der Waals surface area contributed by atoms with E-state index in [9.17, 15) is 8.42 Å². The summed E-state index contributed by atoms with van der Waals surface area (Å²) >= 11 is 0. The van der Waals surface area contributed by atoms with Gasteiger partial charge in [-0.2, -0.15) is 8.42 Å². The highest BCUT2D eigenvalue weighted by Gasteiger charge is 2.28. The smallest absolute Gasteiger partial charge is 0.235 e. The van der Waals surface area contributed by atoms with E-state index in [1.165, 1.54) is 71.9 Å². The number of unbranched alkanes of at least 4 members (excludes halogenated alkanes) is 8. The van der Waals surface area contributed by atoms with Crippen LogP contribution < -0.4 is 0 Å². The molecule has 0 spiro atoms. The van der Waals surface area contributed by atoms with E-state index in [-0.39, 0.29) is 5.75 Å². The lowest BCUT2D eigenvalue weighted by atomic mass is 9.90. The normalized spacial score (nSPS) is 13.4. The first-order valence-corrected chi connectivity index (χ1v) is 13.3. The first-order valence-electron chi connectivity index (χ1n) is 11.7. The zero-order valence-corrected chi connectivity index (χ0v) is 19.7. The van der Waals surface area contributed by atoms with Crippen molar-refractivity contribution in [2.45, 2.75) is 84.0 Å². The summed E-state index contributed by atoms with van der Waals surface area (Å²) in [6.45, 7) is 4.37. The molecule has 5 heteroatoms. The van der Waals surface area contributed by atoms with Gasteiger partial charge >= 0.3 is 0 Å². The van der Waals surface area contributed by atoms with E-state index in [1.807, 2.05) is 0 Å². The summed E-state index contributed by atoms with van der Waals surface area (Å²) in [5, 5.41) is 8.24. The Kier molecular flexibility index (Phi) is 8.70. The molecular weight excluding hydrogens is 408 g/mol. The second-order valence-corrected chi connectivity index (χ2v) is 10.7. The van der Waals surface area contributed by atoms with Crippen LogP contribution in [0.1, 0.15) is 92.4 Å². The molecule has 0 bridgehead atoms. The number of aryl methyl sites for hydroxylation is 2.